The second kappa shape index (κ2) is 14.2. The maximum atomic E-state index is 13.6. The molecule has 1 N–H and O–H groups in total. The second-order valence-corrected chi connectivity index (χ2v) is 13.5. The molecule has 1 aromatic carbocycles. The Hall–Kier alpha value is -3.27. The van der Waals surface area contributed by atoms with E-state index in [4.69, 9.17) is 24.2 Å². The van der Waals surface area contributed by atoms with Gasteiger partial charge in [0.1, 0.15) is 36.9 Å². The lowest BCUT2D eigenvalue weighted by atomic mass is 9.82. The van der Waals surface area contributed by atoms with Crippen LogP contribution in [-0.2, 0) is 9.47 Å². The van der Waals surface area contributed by atoms with Crippen LogP contribution < -0.4 is 14.5 Å². The lowest BCUT2D eigenvalue weighted by molar-refractivity contribution is -0.115. The van der Waals surface area contributed by atoms with Crippen molar-refractivity contribution in [2.75, 3.05) is 56.5 Å². The number of pyridine rings is 2. The monoisotopic (exact) mass is 608 g/mol. The van der Waals surface area contributed by atoms with Gasteiger partial charge in [-0.1, -0.05) is 13.8 Å². The third-order valence-electron chi connectivity index (χ3n) is 8.17. The van der Waals surface area contributed by atoms with Gasteiger partial charge in [-0.05, 0) is 88.8 Å². The van der Waals surface area contributed by atoms with Gasteiger partial charge < -0.3 is 29.1 Å². The topological polar surface area (TPSA) is 80.2 Å². The number of hydrogen-bond acceptors (Lipinski definition) is 8. The van der Waals surface area contributed by atoms with Crippen LogP contribution in [0.25, 0.3) is 11.1 Å². The Morgan fingerprint density at radius 2 is 1.80 bits per heavy atom. The first kappa shape index (κ1) is 33.6. The molecule has 9 heteroatoms. The van der Waals surface area contributed by atoms with Crippen molar-refractivity contribution in [3.63, 3.8) is 0 Å². The Labute approximate surface area is 262 Å². The summed E-state index contributed by atoms with van der Waals surface area (Å²) in [4.78, 5) is 14.1. The number of aliphatic hydroxyl groups excluding tert-OH is 1. The number of hydrogen-bond donors (Lipinski definition) is 1. The van der Waals surface area contributed by atoms with Gasteiger partial charge in [0, 0.05) is 54.9 Å². The Morgan fingerprint density at radius 1 is 1.07 bits per heavy atom. The van der Waals surface area contributed by atoms with Crippen LogP contribution in [0.4, 0.5) is 15.9 Å². The van der Waals surface area contributed by atoms with Gasteiger partial charge in [0.2, 0.25) is 0 Å². The molecule has 0 amide bonds. The quantitative estimate of drug-likeness (QED) is 0.223. The number of piperidine rings is 1. The molecule has 240 valence electrons. The molecule has 1 fully saturated rings. The summed E-state index contributed by atoms with van der Waals surface area (Å²) in [6.07, 6.45) is 5.57. The van der Waals surface area contributed by atoms with E-state index in [0.717, 1.165) is 59.8 Å². The van der Waals surface area contributed by atoms with Gasteiger partial charge in [0.15, 0.2) is 0 Å². The van der Waals surface area contributed by atoms with Crippen molar-refractivity contribution in [1.29, 1.82) is 0 Å². The predicted octanol–water partition coefficient (Wildman–Crippen LogP) is 6.86. The molecule has 1 aliphatic rings. The maximum Gasteiger partial charge on any atom is 0.143 e. The summed E-state index contributed by atoms with van der Waals surface area (Å²) in [6.45, 7) is 17.2. The molecule has 44 heavy (non-hydrogen) atoms. The molecule has 0 spiro atoms. The standard InChI is InChI=1S/C35H49FN4O4/c1-24-19-27(10-11-29(24)36)43-18-17-39(8)31-12-9-26(20-38-31)28-21-37-25(2)32(30(22-42-23-41)44-34(3,4)5)33(28)40-15-13-35(6,7)14-16-40/h9-12,19-21,30,41H,13-18,22-23H2,1-8H3/t30-/m1/s1. The summed E-state index contributed by atoms with van der Waals surface area (Å²) in [5.41, 5.74) is 5.33. The van der Waals surface area contributed by atoms with E-state index < -0.39 is 11.7 Å². The molecule has 0 unspecified atom stereocenters. The van der Waals surface area contributed by atoms with Crippen LogP contribution in [0.3, 0.4) is 0 Å². The minimum Gasteiger partial charge on any atom is -0.492 e. The van der Waals surface area contributed by atoms with Crippen molar-refractivity contribution in [1.82, 2.24) is 9.97 Å². The van der Waals surface area contributed by atoms with E-state index in [-0.39, 0.29) is 24.6 Å². The van der Waals surface area contributed by atoms with Gasteiger partial charge in [0.05, 0.1) is 24.4 Å². The number of rotatable bonds is 12. The molecule has 0 saturated carbocycles. The summed E-state index contributed by atoms with van der Waals surface area (Å²) in [6, 6.07) is 8.88. The van der Waals surface area contributed by atoms with E-state index in [9.17, 15) is 9.50 Å². The first-order valence-corrected chi connectivity index (χ1v) is 15.5. The highest BCUT2D eigenvalue weighted by atomic mass is 19.1. The van der Waals surface area contributed by atoms with E-state index in [1.165, 1.54) is 6.07 Å². The zero-order valence-corrected chi connectivity index (χ0v) is 27.6. The first-order chi connectivity index (χ1) is 20.8. The zero-order valence-electron chi connectivity index (χ0n) is 27.6. The Bertz CT molecular complexity index is 1380. The van der Waals surface area contributed by atoms with E-state index >= 15 is 0 Å². The lowest BCUT2D eigenvalue weighted by Crippen LogP contribution is -2.39. The number of ether oxygens (including phenoxy) is 3. The minimum absolute atomic E-state index is 0.216. The maximum absolute atomic E-state index is 13.6. The SMILES string of the molecule is Cc1cc(OCCN(C)c2ccc(-c3cnc(C)c([C@@H](COCO)OC(C)(C)C)c3N3CCC(C)(C)CC3)cn2)ccc1F. The highest BCUT2D eigenvalue weighted by molar-refractivity contribution is 5.81. The van der Waals surface area contributed by atoms with Crippen LogP contribution in [0.2, 0.25) is 0 Å². The van der Waals surface area contributed by atoms with Crippen LogP contribution in [0.5, 0.6) is 5.75 Å². The van der Waals surface area contributed by atoms with Crippen molar-refractivity contribution < 1.29 is 23.7 Å². The van der Waals surface area contributed by atoms with E-state index in [2.05, 4.69) is 24.8 Å². The molecular weight excluding hydrogens is 559 g/mol. The van der Waals surface area contributed by atoms with Crippen LogP contribution in [-0.4, -0.2) is 67.4 Å². The van der Waals surface area contributed by atoms with E-state index in [1.54, 1.807) is 19.1 Å². The summed E-state index contributed by atoms with van der Waals surface area (Å²) < 4.78 is 31.5. The van der Waals surface area contributed by atoms with Gasteiger partial charge in [-0.25, -0.2) is 9.37 Å². The molecule has 8 nitrogen and oxygen atoms in total. The van der Waals surface area contributed by atoms with Gasteiger partial charge in [0.25, 0.3) is 0 Å². The fraction of sp³-hybridized carbons (Fsp3) is 0.543. The highest BCUT2D eigenvalue weighted by Gasteiger charge is 2.33. The molecule has 0 aliphatic carbocycles. The molecule has 1 atom stereocenters. The number of aliphatic hydroxyl groups is 1. The summed E-state index contributed by atoms with van der Waals surface area (Å²) in [5, 5.41) is 9.50. The third-order valence-corrected chi connectivity index (χ3v) is 8.17. The Kier molecular flexibility index (Phi) is 10.9. The second-order valence-electron chi connectivity index (χ2n) is 13.5. The number of aromatic nitrogens is 2. The summed E-state index contributed by atoms with van der Waals surface area (Å²) in [7, 11) is 1.98. The van der Waals surface area contributed by atoms with E-state index in [1.807, 2.05) is 58.1 Å². The van der Waals surface area contributed by atoms with Gasteiger partial charge >= 0.3 is 0 Å². The predicted molar refractivity (Wildman–Crippen MR) is 174 cm³/mol. The Balaban J connectivity index is 1.63. The number of halogens is 1. The molecule has 0 radical (unpaired) electrons. The normalized spacial score (nSPS) is 15.7. The molecular formula is C35H49FN4O4. The van der Waals surface area contributed by atoms with Crippen LogP contribution in [0, 0.1) is 25.1 Å². The molecule has 2 aromatic heterocycles. The van der Waals surface area contributed by atoms with Crippen molar-refractivity contribution >= 4 is 11.5 Å². The number of anilines is 2. The molecule has 3 heterocycles. The number of likely N-dealkylation sites (N-methyl/N-ethyl adjacent to an activating group) is 1. The van der Waals surface area contributed by atoms with Gasteiger partial charge in [-0.2, -0.15) is 0 Å². The van der Waals surface area contributed by atoms with Crippen molar-refractivity contribution in [3.8, 4) is 16.9 Å². The van der Waals surface area contributed by atoms with Crippen molar-refractivity contribution in [2.24, 2.45) is 5.41 Å². The summed E-state index contributed by atoms with van der Waals surface area (Å²) >= 11 is 0. The lowest BCUT2D eigenvalue weighted by Gasteiger charge is -2.41. The fourth-order valence-corrected chi connectivity index (χ4v) is 5.54. The summed E-state index contributed by atoms with van der Waals surface area (Å²) in [5.74, 6) is 1.23. The average molecular weight is 609 g/mol. The smallest absolute Gasteiger partial charge is 0.143 e. The molecule has 0 bridgehead atoms. The Morgan fingerprint density at radius 3 is 2.41 bits per heavy atom. The zero-order chi connectivity index (χ0) is 32.1. The first-order valence-electron chi connectivity index (χ1n) is 15.5. The van der Waals surface area contributed by atoms with Gasteiger partial charge in [-0.15, -0.1) is 0 Å². The number of nitrogens with zero attached hydrogens (tertiary/aromatic N) is 4. The van der Waals surface area contributed by atoms with Crippen LogP contribution >= 0.6 is 0 Å². The van der Waals surface area contributed by atoms with Crippen LogP contribution in [0.1, 0.15) is 70.4 Å². The fourth-order valence-electron chi connectivity index (χ4n) is 5.54. The third kappa shape index (κ3) is 8.67. The molecule has 1 aliphatic heterocycles. The van der Waals surface area contributed by atoms with Crippen molar-refractivity contribution in [2.45, 2.75) is 73.0 Å². The van der Waals surface area contributed by atoms with E-state index in [0.29, 0.717) is 24.5 Å². The molecule has 3 aromatic rings. The number of aryl methyl sites for hydroxylation is 2. The number of benzene rings is 1. The molecule has 4 rings (SSSR count). The largest absolute Gasteiger partial charge is 0.492 e. The highest BCUT2D eigenvalue weighted by Crippen LogP contribution is 2.43. The van der Waals surface area contributed by atoms with Crippen LogP contribution in [0.15, 0.2) is 42.7 Å². The molecule has 1 saturated heterocycles. The van der Waals surface area contributed by atoms with Gasteiger partial charge in [-0.3, -0.25) is 4.98 Å². The van der Waals surface area contributed by atoms with Crippen molar-refractivity contribution in [3.05, 3.63) is 65.4 Å². The average Bonchev–Trinajstić information content (AvgIpc) is 2.96. The minimum atomic E-state index is -0.430.